The summed E-state index contributed by atoms with van der Waals surface area (Å²) in [7, 11) is 0. The fourth-order valence-electron chi connectivity index (χ4n) is 2.61. The van der Waals surface area contributed by atoms with Gasteiger partial charge in [0.2, 0.25) is 10.3 Å². The molecule has 1 atom stereocenters. The fraction of sp³-hybridized carbons (Fsp3) is 0.400. The van der Waals surface area contributed by atoms with E-state index in [9.17, 15) is 9.18 Å². The molecule has 1 aliphatic heterocycles. The monoisotopic (exact) mass is 413 g/mol. The molecule has 2 amide bonds. The van der Waals surface area contributed by atoms with E-state index in [1.807, 2.05) is 0 Å². The lowest BCUT2D eigenvalue weighted by atomic mass is 10.1. The van der Waals surface area contributed by atoms with E-state index >= 15 is 0 Å². The zero-order valence-corrected chi connectivity index (χ0v) is 15.5. The van der Waals surface area contributed by atoms with Crippen molar-refractivity contribution < 1.29 is 9.18 Å². The van der Waals surface area contributed by atoms with Crippen molar-refractivity contribution in [1.82, 2.24) is 10.2 Å². The Kier molecular flexibility index (Phi) is 5.30. The number of anilines is 3. The third kappa shape index (κ3) is 4.02. The first kappa shape index (κ1) is 17.1. The number of urea groups is 1. The highest BCUT2D eigenvalue weighted by Gasteiger charge is 2.22. The highest BCUT2D eigenvalue weighted by atomic mass is 79.9. The number of hydrogen-bond acceptors (Lipinski definition) is 5. The molecule has 2 aromatic rings. The van der Waals surface area contributed by atoms with Crippen molar-refractivity contribution in [2.75, 3.05) is 22.1 Å². The molecule has 0 saturated carbocycles. The largest absolute Gasteiger partial charge is 0.344 e. The van der Waals surface area contributed by atoms with Crippen LogP contribution in [-0.2, 0) is 0 Å². The zero-order valence-electron chi connectivity index (χ0n) is 13.1. The Morgan fingerprint density at radius 3 is 2.96 bits per heavy atom. The molecule has 1 aromatic heterocycles. The van der Waals surface area contributed by atoms with Gasteiger partial charge in [0.25, 0.3) is 0 Å². The summed E-state index contributed by atoms with van der Waals surface area (Å²) in [6, 6.07) is 4.30. The Morgan fingerprint density at radius 1 is 1.38 bits per heavy atom. The number of rotatable bonds is 3. The van der Waals surface area contributed by atoms with Crippen molar-refractivity contribution >= 4 is 49.2 Å². The summed E-state index contributed by atoms with van der Waals surface area (Å²) in [5, 5.41) is 14.4. The van der Waals surface area contributed by atoms with Crippen LogP contribution in [0.3, 0.4) is 0 Å². The van der Waals surface area contributed by atoms with E-state index in [4.69, 9.17) is 0 Å². The van der Waals surface area contributed by atoms with E-state index in [2.05, 4.69) is 48.6 Å². The number of nitrogens with zero attached hydrogens (tertiary/aromatic N) is 3. The molecule has 24 heavy (non-hydrogen) atoms. The van der Waals surface area contributed by atoms with Crippen LogP contribution in [0.5, 0.6) is 0 Å². The lowest BCUT2D eigenvalue weighted by molar-refractivity contribution is 0.262. The zero-order chi connectivity index (χ0) is 17.1. The molecule has 6 nitrogen and oxygen atoms in total. The Morgan fingerprint density at radius 2 is 2.21 bits per heavy atom. The first-order chi connectivity index (χ1) is 11.5. The van der Waals surface area contributed by atoms with Crippen molar-refractivity contribution in [3.8, 4) is 0 Å². The molecule has 1 aliphatic rings. The van der Waals surface area contributed by atoms with Gasteiger partial charge in [-0.3, -0.25) is 5.32 Å². The quantitative estimate of drug-likeness (QED) is 0.778. The average molecular weight is 414 g/mol. The van der Waals surface area contributed by atoms with Crippen molar-refractivity contribution in [1.29, 1.82) is 0 Å². The normalized spacial score (nSPS) is 17.6. The van der Waals surface area contributed by atoms with Crippen LogP contribution in [0.15, 0.2) is 22.7 Å². The molecule has 0 radical (unpaired) electrons. The predicted molar refractivity (Wildman–Crippen MR) is 97.3 cm³/mol. The third-order valence-electron chi connectivity index (χ3n) is 3.86. The Bertz CT molecular complexity index is 740. The molecule has 2 heterocycles. The number of amides is 2. The maximum Gasteiger partial charge on any atom is 0.325 e. The summed E-state index contributed by atoms with van der Waals surface area (Å²) >= 11 is 4.49. The van der Waals surface area contributed by atoms with Gasteiger partial charge >= 0.3 is 6.03 Å². The molecule has 9 heteroatoms. The maximum atomic E-state index is 13.7. The van der Waals surface area contributed by atoms with E-state index in [0.29, 0.717) is 15.6 Å². The van der Waals surface area contributed by atoms with Crippen LogP contribution in [0.2, 0.25) is 0 Å². The van der Waals surface area contributed by atoms with Gasteiger partial charge in [-0.05, 0) is 44.4 Å². The number of halogens is 2. The van der Waals surface area contributed by atoms with Gasteiger partial charge in [-0.2, -0.15) is 0 Å². The number of nitrogens with one attached hydrogen (secondary N) is 2. The fourth-order valence-corrected chi connectivity index (χ4v) is 3.81. The number of benzene rings is 1. The molecule has 0 spiro atoms. The summed E-state index contributed by atoms with van der Waals surface area (Å²) in [5.74, 6) is -0.514. The molecule has 1 fully saturated rings. The maximum absolute atomic E-state index is 13.7. The minimum atomic E-state index is -0.550. The Hall–Kier alpha value is -1.74. The minimum Gasteiger partial charge on any atom is -0.344 e. The Labute approximate surface area is 151 Å². The van der Waals surface area contributed by atoms with Gasteiger partial charge < -0.3 is 10.2 Å². The molecule has 1 aromatic carbocycles. The number of hydrogen-bond donors (Lipinski definition) is 2. The number of aromatic nitrogens is 2. The smallest absolute Gasteiger partial charge is 0.325 e. The summed E-state index contributed by atoms with van der Waals surface area (Å²) < 4.78 is 14.3. The van der Waals surface area contributed by atoms with Crippen LogP contribution in [0.1, 0.15) is 26.2 Å². The first-order valence-electron chi connectivity index (χ1n) is 7.66. The molecule has 1 saturated heterocycles. The van der Waals surface area contributed by atoms with E-state index in [1.54, 1.807) is 6.07 Å². The van der Waals surface area contributed by atoms with Crippen molar-refractivity contribution in [2.24, 2.45) is 0 Å². The molecule has 0 aliphatic carbocycles. The predicted octanol–water partition coefficient (Wildman–Crippen LogP) is 4.46. The van der Waals surface area contributed by atoms with Crippen molar-refractivity contribution in [2.45, 2.75) is 32.2 Å². The lowest BCUT2D eigenvalue weighted by Crippen LogP contribution is -2.37. The minimum absolute atomic E-state index is 0.102. The number of carbonyl (C=O) groups excluding carboxylic acids is 1. The van der Waals surface area contributed by atoms with Crippen molar-refractivity contribution in [3.63, 3.8) is 0 Å². The van der Waals surface area contributed by atoms with Gasteiger partial charge in [-0.15, -0.1) is 10.2 Å². The highest BCUT2D eigenvalue weighted by molar-refractivity contribution is 9.10. The van der Waals surface area contributed by atoms with Crippen LogP contribution in [-0.4, -0.2) is 28.8 Å². The number of piperidine rings is 1. The van der Waals surface area contributed by atoms with Gasteiger partial charge in [0, 0.05) is 17.1 Å². The van der Waals surface area contributed by atoms with Gasteiger partial charge in [-0.1, -0.05) is 27.3 Å². The summed E-state index contributed by atoms with van der Waals surface area (Å²) in [6.07, 6.45) is 3.49. The molecule has 128 valence electrons. The second kappa shape index (κ2) is 7.43. The number of carbonyl (C=O) groups is 1. The first-order valence-corrected chi connectivity index (χ1v) is 9.27. The van der Waals surface area contributed by atoms with Crippen LogP contribution in [0.4, 0.5) is 25.1 Å². The third-order valence-corrected chi connectivity index (χ3v) is 5.23. The van der Waals surface area contributed by atoms with Gasteiger partial charge in [0.1, 0.15) is 5.82 Å². The molecule has 0 bridgehead atoms. The Balaban J connectivity index is 1.62. The van der Waals surface area contributed by atoms with Crippen molar-refractivity contribution in [3.05, 3.63) is 28.5 Å². The SMILES string of the molecule is C[C@H]1CCCCN1c1nnc(NC(=O)Nc2ccc(Br)cc2F)s1. The topological polar surface area (TPSA) is 70.2 Å². The molecule has 3 rings (SSSR count). The van der Waals surface area contributed by atoms with E-state index < -0.39 is 11.8 Å². The molecular weight excluding hydrogens is 397 g/mol. The highest BCUT2D eigenvalue weighted by Crippen LogP contribution is 2.29. The van der Waals surface area contributed by atoms with E-state index in [1.165, 1.54) is 29.9 Å². The molecular formula is C15H17BrFN5OS. The van der Waals surface area contributed by atoms with Crippen LogP contribution in [0.25, 0.3) is 0 Å². The van der Waals surface area contributed by atoms with E-state index in [0.717, 1.165) is 24.5 Å². The second-order valence-electron chi connectivity index (χ2n) is 5.63. The summed E-state index contributed by atoms with van der Waals surface area (Å²) in [6.45, 7) is 3.11. The van der Waals surface area contributed by atoms with Crippen LogP contribution in [0, 0.1) is 5.82 Å². The van der Waals surface area contributed by atoms with Crippen LogP contribution >= 0.6 is 27.3 Å². The van der Waals surface area contributed by atoms with Crippen LogP contribution < -0.4 is 15.5 Å². The average Bonchev–Trinajstić information content (AvgIpc) is 2.99. The van der Waals surface area contributed by atoms with Gasteiger partial charge in [0.05, 0.1) is 5.69 Å². The van der Waals surface area contributed by atoms with E-state index in [-0.39, 0.29) is 5.69 Å². The van der Waals surface area contributed by atoms with Gasteiger partial charge in [0.15, 0.2) is 0 Å². The summed E-state index contributed by atoms with van der Waals surface area (Å²) in [5.41, 5.74) is 0.102. The standard InChI is InChI=1S/C15H17BrFN5OS/c1-9-4-2-3-7-22(9)15-21-20-14(24-15)19-13(23)18-12-6-5-10(16)8-11(12)17/h5-6,8-9H,2-4,7H2,1H3,(H2,18,19,20,23)/t9-/m0/s1. The molecule has 2 N–H and O–H groups in total. The summed E-state index contributed by atoms with van der Waals surface area (Å²) in [4.78, 5) is 14.2. The second-order valence-corrected chi connectivity index (χ2v) is 7.50. The van der Waals surface area contributed by atoms with Gasteiger partial charge in [-0.25, -0.2) is 9.18 Å². The molecule has 0 unspecified atom stereocenters. The lowest BCUT2D eigenvalue weighted by Gasteiger charge is -2.32.